The van der Waals surface area contributed by atoms with E-state index in [1.165, 1.54) is 0 Å². The van der Waals surface area contributed by atoms with Crippen LogP contribution in [-0.4, -0.2) is 25.1 Å². The first-order chi connectivity index (χ1) is 11.8. The predicted molar refractivity (Wildman–Crippen MR) is 90.9 cm³/mol. The summed E-state index contributed by atoms with van der Waals surface area (Å²) >= 11 is 0. The van der Waals surface area contributed by atoms with Crippen LogP contribution < -0.4 is 5.32 Å². The van der Waals surface area contributed by atoms with Gasteiger partial charge in [0.05, 0.1) is 23.9 Å². The lowest BCUT2D eigenvalue weighted by Crippen LogP contribution is -2.12. The Bertz CT molecular complexity index is 987. The van der Waals surface area contributed by atoms with Gasteiger partial charge in [-0.15, -0.1) is 0 Å². The van der Waals surface area contributed by atoms with Crippen LogP contribution >= 0.6 is 0 Å². The molecule has 0 bridgehead atoms. The van der Waals surface area contributed by atoms with Crippen molar-refractivity contribution in [3.8, 4) is 0 Å². The number of carbonyl (C=O) groups is 1. The number of nitrogens with one attached hydrogen (secondary N) is 1. The van der Waals surface area contributed by atoms with Crippen LogP contribution in [0.25, 0.3) is 5.52 Å². The van der Waals surface area contributed by atoms with E-state index in [-0.39, 0.29) is 5.91 Å². The summed E-state index contributed by atoms with van der Waals surface area (Å²) < 4.78 is 3.60. The Balaban J connectivity index is 1.50. The summed E-state index contributed by atoms with van der Waals surface area (Å²) in [7, 11) is 0. The molecule has 118 valence electrons. The fourth-order valence-corrected chi connectivity index (χ4v) is 2.59. The molecule has 6 nitrogen and oxygen atoms in total. The van der Waals surface area contributed by atoms with Crippen LogP contribution in [0.5, 0.6) is 0 Å². The van der Waals surface area contributed by atoms with Gasteiger partial charge in [0, 0.05) is 12.4 Å². The number of carbonyl (C=O) groups excluding carboxylic acids is 1. The normalized spacial score (nSPS) is 10.8. The maximum absolute atomic E-state index is 12.4. The number of benzene rings is 1. The molecule has 0 radical (unpaired) electrons. The van der Waals surface area contributed by atoms with Gasteiger partial charge in [0.2, 0.25) is 0 Å². The van der Waals surface area contributed by atoms with Crippen molar-refractivity contribution in [2.45, 2.75) is 6.54 Å². The molecular weight excluding hydrogens is 302 g/mol. The van der Waals surface area contributed by atoms with Gasteiger partial charge in [0.15, 0.2) is 5.69 Å². The van der Waals surface area contributed by atoms with Gasteiger partial charge in [-0.05, 0) is 17.7 Å². The summed E-state index contributed by atoms with van der Waals surface area (Å²) in [5.41, 5.74) is 2.96. The molecule has 24 heavy (non-hydrogen) atoms. The Hall–Kier alpha value is -3.41. The minimum atomic E-state index is -0.247. The summed E-state index contributed by atoms with van der Waals surface area (Å²) in [5, 5.41) is 7.13. The zero-order valence-electron chi connectivity index (χ0n) is 12.8. The van der Waals surface area contributed by atoms with E-state index in [2.05, 4.69) is 15.4 Å². The first-order valence-corrected chi connectivity index (χ1v) is 7.59. The third-order valence-electron chi connectivity index (χ3n) is 3.74. The lowest BCUT2D eigenvalue weighted by atomic mass is 10.2. The van der Waals surface area contributed by atoms with E-state index in [9.17, 15) is 4.79 Å². The average Bonchev–Trinajstić information content (AvgIpc) is 3.22. The molecule has 0 aliphatic rings. The van der Waals surface area contributed by atoms with Crippen LogP contribution in [0.3, 0.4) is 0 Å². The molecule has 0 atom stereocenters. The molecule has 1 aromatic carbocycles. The number of hydrogen-bond acceptors (Lipinski definition) is 3. The molecule has 0 unspecified atom stereocenters. The monoisotopic (exact) mass is 317 g/mol. The number of amides is 1. The first-order valence-electron chi connectivity index (χ1n) is 7.59. The molecular formula is C18H15N5O. The zero-order chi connectivity index (χ0) is 16.4. The maximum atomic E-state index is 12.4. The number of imidazole rings is 1. The van der Waals surface area contributed by atoms with Crippen molar-refractivity contribution < 1.29 is 4.79 Å². The topological polar surface area (TPSA) is 64.2 Å². The first kappa shape index (κ1) is 14.2. The summed E-state index contributed by atoms with van der Waals surface area (Å²) in [5.74, 6) is -0.247. The number of nitrogens with zero attached hydrogens (tertiary/aromatic N) is 4. The van der Waals surface area contributed by atoms with E-state index >= 15 is 0 Å². The van der Waals surface area contributed by atoms with E-state index in [0.717, 1.165) is 11.1 Å². The number of rotatable bonds is 4. The molecule has 0 aliphatic carbocycles. The molecule has 0 saturated carbocycles. The highest BCUT2D eigenvalue weighted by atomic mass is 16.1. The standard InChI is InChI=1S/C18H15N5O/c24-18(17-16-8-4-5-9-22(16)13-19-17)21-15-10-20-23(12-15)11-14-6-2-1-3-7-14/h1-10,12-13H,11H2,(H,21,24). The van der Waals surface area contributed by atoms with Crippen LogP contribution in [0, 0.1) is 0 Å². The van der Waals surface area contributed by atoms with Crippen molar-refractivity contribution in [2.75, 3.05) is 5.32 Å². The van der Waals surface area contributed by atoms with Gasteiger partial charge >= 0.3 is 0 Å². The summed E-state index contributed by atoms with van der Waals surface area (Å²) in [6, 6.07) is 15.7. The van der Waals surface area contributed by atoms with Crippen molar-refractivity contribution in [1.82, 2.24) is 19.2 Å². The number of aromatic nitrogens is 4. The average molecular weight is 317 g/mol. The molecule has 1 N–H and O–H groups in total. The molecule has 3 aromatic heterocycles. The Kier molecular flexibility index (Phi) is 3.55. The quantitative estimate of drug-likeness (QED) is 0.629. The predicted octanol–water partition coefficient (Wildman–Crippen LogP) is 2.83. The number of pyridine rings is 1. The summed E-state index contributed by atoms with van der Waals surface area (Å²) in [4.78, 5) is 16.6. The zero-order valence-corrected chi connectivity index (χ0v) is 12.8. The molecule has 1 amide bonds. The largest absolute Gasteiger partial charge is 0.318 e. The van der Waals surface area contributed by atoms with Crippen LogP contribution in [0.15, 0.2) is 73.4 Å². The van der Waals surface area contributed by atoms with Gasteiger partial charge in [-0.1, -0.05) is 36.4 Å². The molecule has 0 spiro atoms. The Morgan fingerprint density at radius 3 is 2.79 bits per heavy atom. The van der Waals surface area contributed by atoms with Crippen LogP contribution in [-0.2, 0) is 6.54 Å². The number of fused-ring (bicyclic) bond motifs is 1. The molecule has 0 saturated heterocycles. The second-order valence-electron chi connectivity index (χ2n) is 5.45. The van der Waals surface area contributed by atoms with Gasteiger partial charge in [-0.25, -0.2) is 4.98 Å². The van der Waals surface area contributed by atoms with Gasteiger partial charge < -0.3 is 9.72 Å². The smallest absolute Gasteiger partial charge is 0.276 e. The molecule has 3 heterocycles. The lowest BCUT2D eigenvalue weighted by Gasteiger charge is -2.02. The third-order valence-corrected chi connectivity index (χ3v) is 3.74. The van der Waals surface area contributed by atoms with E-state index in [0.29, 0.717) is 17.9 Å². The summed E-state index contributed by atoms with van der Waals surface area (Å²) in [6.07, 6.45) is 6.93. The van der Waals surface area contributed by atoms with Crippen molar-refractivity contribution in [3.63, 3.8) is 0 Å². The van der Waals surface area contributed by atoms with E-state index in [4.69, 9.17) is 0 Å². The number of hydrogen-bond donors (Lipinski definition) is 1. The highest BCUT2D eigenvalue weighted by molar-refractivity contribution is 6.07. The minimum Gasteiger partial charge on any atom is -0.318 e. The van der Waals surface area contributed by atoms with Gasteiger partial charge in [0.1, 0.15) is 6.33 Å². The van der Waals surface area contributed by atoms with Crippen molar-refractivity contribution in [3.05, 3.63) is 84.7 Å². The van der Waals surface area contributed by atoms with Crippen LogP contribution in [0.4, 0.5) is 5.69 Å². The van der Waals surface area contributed by atoms with Gasteiger partial charge in [0.25, 0.3) is 5.91 Å². The third kappa shape index (κ3) is 2.77. The minimum absolute atomic E-state index is 0.247. The number of anilines is 1. The van der Waals surface area contributed by atoms with Crippen LogP contribution in [0.1, 0.15) is 16.1 Å². The molecule has 4 rings (SSSR count). The SMILES string of the molecule is O=C(Nc1cnn(Cc2ccccc2)c1)c1ncn2ccccc12. The van der Waals surface area contributed by atoms with Crippen molar-refractivity contribution in [2.24, 2.45) is 0 Å². The second kappa shape index (κ2) is 6.00. The highest BCUT2D eigenvalue weighted by Crippen LogP contribution is 2.13. The van der Waals surface area contributed by atoms with Crippen LogP contribution in [0.2, 0.25) is 0 Å². The van der Waals surface area contributed by atoms with Gasteiger partial charge in [-0.2, -0.15) is 5.10 Å². The Morgan fingerprint density at radius 1 is 1.08 bits per heavy atom. The Labute approximate surface area is 138 Å². The molecule has 6 heteroatoms. The van der Waals surface area contributed by atoms with E-state index in [1.54, 1.807) is 17.2 Å². The van der Waals surface area contributed by atoms with Gasteiger partial charge in [-0.3, -0.25) is 9.48 Å². The maximum Gasteiger partial charge on any atom is 0.276 e. The fraction of sp³-hybridized carbons (Fsp3) is 0.0556. The van der Waals surface area contributed by atoms with Crippen molar-refractivity contribution in [1.29, 1.82) is 0 Å². The summed E-state index contributed by atoms with van der Waals surface area (Å²) in [6.45, 7) is 0.657. The lowest BCUT2D eigenvalue weighted by molar-refractivity contribution is 0.102. The molecule has 0 fully saturated rings. The highest BCUT2D eigenvalue weighted by Gasteiger charge is 2.14. The Morgan fingerprint density at radius 2 is 1.92 bits per heavy atom. The fourth-order valence-electron chi connectivity index (χ4n) is 2.59. The van der Waals surface area contributed by atoms with Crippen molar-refractivity contribution >= 4 is 17.1 Å². The molecule has 4 aromatic rings. The van der Waals surface area contributed by atoms with E-state index < -0.39 is 0 Å². The molecule has 0 aliphatic heterocycles. The second-order valence-corrected chi connectivity index (χ2v) is 5.45. The van der Waals surface area contributed by atoms with E-state index in [1.807, 2.05) is 65.3 Å².